The Hall–Kier alpha value is -2.89. The summed E-state index contributed by atoms with van der Waals surface area (Å²) in [6, 6.07) is 7.44. The summed E-state index contributed by atoms with van der Waals surface area (Å²) < 4.78 is 50.7. The van der Waals surface area contributed by atoms with E-state index < -0.39 is 28.4 Å². The van der Waals surface area contributed by atoms with Crippen LogP contribution in [-0.4, -0.2) is 69.3 Å². The summed E-state index contributed by atoms with van der Waals surface area (Å²) in [6.07, 6.45) is 0.414. The van der Waals surface area contributed by atoms with E-state index in [1.54, 1.807) is 0 Å². The largest absolute Gasteiger partial charge is 0.493 e. The molecule has 1 aliphatic heterocycles. The van der Waals surface area contributed by atoms with Crippen molar-refractivity contribution in [3.63, 3.8) is 0 Å². The van der Waals surface area contributed by atoms with Crippen molar-refractivity contribution in [2.24, 2.45) is 5.73 Å². The fourth-order valence-corrected chi connectivity index (χ4v) is 5.14. The topological polar surface area (TPSA) is 119 Å². The second kappa shape index (κ2) is 10.4. The lowest BCUT2D eigenvalue weighted by Crippen LogP contribution is -2.37. The van der Waals surface area contributed by atoms with Gasteiger partial charge in [-0.1, -0.05) is 11.6 Å². The highest BCUT2D eigenvalue weighted by molar-refractivity contribution is 7.89. The molecule has 0 saturated carbocycles. The molecule has 178 valence electrons. The van der Waals surface area contributed by atoms with Crippen LogP contribution in [0.4, 0.5) is 4.39 Å². The highest BCUT2D eigenvalue weighted by Crippen LogP contribution is 2.36. The van der Waals surface area contributed by atoms with E-state index in [0.29, 0.717) is 13.0 Å². The molecule has 33 heavy (non-hydrogen) atoms. The van der Waals surface area contributed by atoms with Gasteiger partial charge in [-0.25, -0.2) is 12.8 Å². The number of nitrogens with two attached hydrogens (primary N) is 1. The summed E-state index contributed by atoms with van der Waals surface area (Å²) in [4.78, 5) is 25.6. The number of hydrogen-bond acceptors (Lipinski definition) is 6. The average Bonchev–Trinajstić information content (AvgIpc) is 3.04. The summed E-state index contributed by atoms with van der Waals surface area (Å²) in [5.41, 5.74) is 5.31. The summed E-state index contributed by atoms with van der Waals surface area (Å²) in [5, 5.41) is 0.0642. The molecular weight excluding hydrogens is 477 g/mol. The van der Waals surface area contributed by atoms with Crippen molar-refractivity contribution in [3.05, 3.63) is 52.8 Å². The van der Waals surface area contributed by atoms with E-state index in [2.05, 4.69) is 0 Å². The Bertz CT molecular complexity index is 1140. The summed E-state index contributed by atoms with van der Waals surface area (Å²) in [5.74, 6) is -1.35. The molecule has 2 aromatic rings. The van der Waals surface area contributed by atoms with Crippen LogP contribution in [0.3, 0.4) is 0 Å². The Labute approximate surface area is 195 Å². The van der Waals surface area contributed by atoms with Crippen LogP contribution < -0.4 is 15.2 Å². The van der Waals surface area contributed by atoms with Gasteiger partial charge in [0.05, 0.1) is 17.0 Å². The van der Waals surface area contributed by atoms with Crippen molar-refractivity contribution >= 4 is 33.4 Å². The van der Waals surface area contributed by atoms with Crippen LogP contribution in [0.15, 0.2) is 41.3 Å². The molecule has 1 heterocycles. The number of benzene rings is 2. The van der Waals surface area contributed by atoms with Gasteiger partial charge in [0.25, 0.3) is 11.8 Å². The van der Waals surface area contributed by atoms with Gasteiger partial charge < -0.3 is 20.1 Å². The van der Waals surface area contributed by atoms with Gasteiger partial charge in [0.2, 0.25) is 10.0 Å². The number of halogens is 2. The fourth-order valence-electron chi connectivity index (χ4n) is 3.40. The van der Waals surface area contributed by atoms with Crippen LogP contribution in [0.2, 0.25) is 5.02 Å². The lowest BCUT2D eigenvalue weighted by Gasteiger charge is -2.22. The molecule has 0 spiro atoms. The van der Waals surface area contributed by atoms with Crippen LogP contribution in [-0.2, 0) is 14.8 Å². The first-order chi connectivity index (χ1) is 15.6. The summed E-state index contributed by atoms with van der Waals surface area (Å²) >= 11 is 6.23. The molecule has 0 radical (unpaired) electrons. The molecule has 0 atom stereocenters. The van der Waals surface area contributed by atoms with Gasteiger partial charge in [0, 0.05) is 31.7 Å². The number of amides is 2. The first-order valence-electron chi connectivity index (χ1n) is 9.97. The van der Waals surface area contributed by atoms with E-state index in [4.69, 9.17) is 26.8 Å². The maximum Gasteiger partial charge on any atom is 0.255 e. The van der Waals surface area contributed by atoms with Gasteiger partial charge in [0.1, 0.15) is 5.82 Å². The van der Waals surface area contributed by atoms with Gasteiger partial charge in [-0.15, -0.1) is 0 Å². The van der Waals surface area contributed by atoms with Gasteiger partial charge in [-0.05, 0) is 42.8 Å². The van der Waals surface area contributed by atoms with Gasteiger partial charge in [-0.2, -0.15) is 4.31 Å². The third-order valence-electron chi connectivity index (χ3n) is 5.03. The van der Waals surface area contributed by atoms with Crippen molar-refractivity contribution in [1.29, 1.82) is 0 Å². The van der Waals surface area contributed by atoms with Crippen molar-refractivity contribution in [1.82, 2.24) is 9.21 Å². The zero-order valence-electron chi connectivity index (χ0n) is 17.8. The monoisotopic (exact) mass is 499 g/mol. The van der Waals surface area contributed by atoms with E-state index >= 15 is 0 Å². The molecule has 0 aliphatic carbocycles. The normalized spacial score (nSPS) is 15.1. The lowest BCUT2D eigenvalue weighted by molar-refractivity contribution is -0.119. The van der Waals surface area contributed by atoms with E-state index in [-0.39, 0.29) is 52.5 Å². The molecular formula is C21H23ClFN3O6S. The predicted molar refractivity (Wildman–Crippen MR) is 118 cm³/mol. The highest BCUT2D eigenvalue weighted by atomic mass is 35.5. The number of sulfonamides is 1. The molecule has 9 nitrogen and oxygen atoms in total. The number of ether oxygens (including phenoxy) is 2. The zero-order valence-corrected chi connectivity index (χ0v) is 19.4. The maximum absolute atomic E-state index is 13.2. The second-order valence-electron chi connectivity index (χ2n) is 7.25. The SMILES string of the molecule is COc1cc(C(=O)N2CCCN(S(=O)(=O)c3ccc(F)cc3)CC2)cc(Cl)c1OCC(N)=O. The van der Waals surface area contributed by atoms with E-state index in [1.807, 2.05) is 0 Å². The highest BCUT2D eigenvalue weighted by Gasteiger charge is 2.29. The molecule has 1 aliphatic rings. The third-order valence-corrected chi connectivity index (χ3v) is 7.22. The summed E-state index contributed by atoms with van der Waals surface area (Å²) in [7, 11) is -2.46. The van der Waals surface area contributed by atoms with E-state index in [1.165, 1.54) is 40.6 Å². The molecule has 12 heteroatoms. The van der Waals surface area contributed by atoms with Gasteiger partial charge in [-0.3, -0.25) is 9.59 Å². The minimum atomic E-state index is -3.82. The molecule has 3 rings (SSSR count). The Balaban J connectivity index is 1.76. The van der Waals surface area contributed by atoms with Crippen molar-refractivity contribution in [3.8, 4) is 11.5 Å². The lowest BCUT2D eigenvalue weighted by atomic mass is 10.1. The molecule has 2 N–H and O–H groups in total. The van der Waals surface area contributed by atoms with Crippen LogP contribution in [0, 0.1) is 5.82 Å². The molecule has 2 amide bonds. The van der Waals surface area contributed by atoms with Crippen LogP contribution in [0.5, 0.6) is 11.5 Å². The van der Waals surface area contributed by atoms with E-state index in [9.17, 15) is 22.4 Å². The number of carbonyl (C=O) groups is 2. The van der Waals surface area contributed by atoms with Gasteiger partial charge >= 0.3 is 0 Å². The number of hydrogen-bond donors (Lipinski definition) is 1. The van der Waals surface area contributed by atoms with Crippen molar-refractivity contribution < 1.29 is 31.9 Å². The van der Waals surface area contributed by atoms with Crippen LogP contribution >= 0.6 is 11.6 Å². The molecule has 0 unspecified atom stereocenters. The fraction of sp³-hybridized carbons (Fsp3) is 0.333. The van der Waals surface area contributed by atoms with E-state index in [0.717, 1.165) is 12.1 Å². The minimum absolute atomic E-state index is 0.00764. The Morgan fingerprint density at radius 2 is 1.82 bits per heavy atom. The molecule has 1 saturated heterocycles. The van der Waals surface area contributed by atoms with Gasteiger partial charge in [0.15, 0.2) is 18.1 Å². The Morgan fingerprint density at radius 1 is 1.12 bits per heavy atom. The third kappa shape index (κ3) is 5.73. The number of nitrogens with zero attached hydrogens (tertiary/aromatic N) is 2. The standard InChI is InChI=1S/C21H23ClFN3O6S/c1-31-18-12-14(11-17(22)20(18)32-13-19(24)27)21(28)25-7-2-8-26(10-9-25)33(29,30)16-5-3-15(23)4-6-16/h3-6,11-12H,2,7-10,13H2,1H3,(H2,24,27). The first kappa shape index (κ1) is 24.7. The molecule has 0 aromatic heterocycles. The number of methoxy groups -OCH3 is 1. The minimum Gasteiger partial charge on any atom is -0.493 e. The van der Waals surface area contributed by atoms with Crippen LogP contribution in [0.25, 0.3) is 0 Å². The quantitative estimate of drug-likeness (QED) is 0.621. The number of carbonyl (C=O) groups excluding carboxylic acids is 2. The van der Waals surface area contributed by atoms with Crippen molar-refractivity contribution in [2.75, 3.05) is 39.9 Å². The average molecular weight is 500 g/mol. The molecule has 1 fully saturated rings. The number of rotatable bonds is 7. The smallest absolute Gasteiger partial charge is 0.255 e. The molecule has 2 aromatic carbocycles. The zero-order chi connectivity index (χ0) is 24.2. The first-order valence-corrected chi connectivity index (χ1v) is 11.8. The second-order valence-corrected chi connectivity index (χ2v) is 9.59. The Morgan fingerprint density at radius 3 is 2.45 bits per heavy atom. The number of primary amides is 1. The predicted octanol–water partition coefficient (Wildman–Crippen LogP) is 1.89. The van der Waals surface area contributed by atoms with Crippen molar-refractivity contribution in [2.45, 2.75) is 11.3 Å². The Kier molecular flexibility index (Phi) is 7.77. The maximum atomic E-state index is 13.2. The van der Waals surface area contributed by atoms with Crippen LogP contribution in [0.1, 0.15) is 16.8 Å². The molecule has 0 bridgehead atoms. The summed E-state index contributed by atoms with van der Waals surface area (Å²) in [6.45, 7) is 0.366.